The number of amides is 1. The number of aryl methyl sites for hydroxylation is 1. The highest BCUT2D eigenvalue weighted by Crippen LogP contribution is 2.39. The molecule has 1 amide bonds. The number of nitriles is 1. The lowest BCUT2D eigenvalue weighted by Gasteiger charge is -2.38. The van der Waals surface area contributed by atoms with Crippen molar-refractivity contribution in [3.8, 4) is 6.07 Å². The second-order valence-corrected chi connectivity index (χ2v) is 8.23. The molecule has 0 radical (unpaired) electrons. The number of benzene rings is 1. The quantitative estimate of drug-likeness (QED) is 0.756. The lowest BCUT2D eigenvalue weighted by molar-refractivity contribution is -0.169. The molecule has 3 aliphatic rings. The Morgan fingerprint density at radius 2 is 1.84 bits per heavy atom. The standard InChI is InChI=1S/C22H23N5O4/c1-13-2-4-14(5-3-13)16-15(12-23)19(28)24-18-17(16)20(29)26-21(25-18)27-8-6-22(7-9-27)30-10-11-31-22/h2-5,15-16H,6-11H2,1H3,(H2,24,25,26,28,29). The first-order valence-corrected chi connectivity index (χ1v) is 10.4. The third-order valence-corrected chi connectivity index (χ3v) is 6.33. The number of aromatic amines is 1. The van der Waals surface area contributed by atoms with Crippen molar-refractivity contribution in [3.63, 3.8) is 0 Å². The summed E-state index contributed by atoms with van der Waals surface area (Å²) in [6.45, 7) is 4.37. The fourth-order valence-electron chi connectivity index (χ4n) is 4.63. The Bertz CT molecular complexity index is 1100. The molecule has 2 fully saturated rings. The lowest BCUT2D eigenvalue weighted by atomic mass is 9.79. The molecule has 5 rings (SSSR count). The van der Waals surface area contributed by atoms with E-state index in [4.69, 9.17) is 9.47 Å². The molecule has 31 heavy (non-hydrogen) atoms. The predicted molar refractivity (Wildman–Crippen MR) is 112 cm³/mol. The van der Waals surface area contributed by atoms with Gasteiger partial charge in [-0.2, -0.15) is 10.2 Å². The zero-order chi connectivity index (χ0) is 21.6. The number of H-pyrrole nitrogens is 1. The van der Waals surface area contributed by atoms with Crippen molar-refractivity contribution < 1.29 is 14.3 Å². The van der Waals surface area contributed by atoms with E-state index in [9.17, 15) is 14.9 Å². The van der Waals surface area contributed by atoms with Gasteiger partial charge in [-0.1, -0.05) is 29.8 Å². The zero-order valence-corrected chi connectivity index (χ0v) is 17.2. The first-order valence-electron chi connectivity index (χ1n) is 10.4. The molecule has 0 saturated carbocycles. The van der Waals surface area contributed by atoms with Crippen LogP contribution < -0.4 is 15.8 Å². The van der Waals surface area contributed by atoms with Crippen molar-refractivity contribution in [1.29, 1.82) is 5.26 Å². The minimum atomic E-state index is -1.00. The number of aromatic nitrogens is 2. The third-order valence-electron chi connectivity index (χ3n) is 6.33. The van der Waals surface area contributed by atoms with Crippen molar-refractivity contribution in [1.82, 2.24) is 9.97 Å². The van der Waals surface area contributed by atoms with Crippen LogP contribution in [0.3, 0.4) is 0 Å². The predicted octanol–water partition coefficient (Wildman–Crippen LogP) is 1.65. The molecule has 2 atom stereocenters. The summed E-state index contributed by atoms with van der Waals surface area (Å²) in [5.41, 5.74) is 1.76. The highest BCUT2D eigenvalue weighted by molar-refractivity contribution is 5.97. The van der Waals surface area contributed by atoms with Gasteiger partial charge in [-0.3, -0.25) is 14.6 Å². The van der Waals surface area contributed by atoms with Gasteiger partial charge in [0.25, 0.3) is 5.56 Å². The second-order valence-electron chi connectivity index (χ2n) is 8.23. The summed E-state index contributed by atoms with van der Waals surface area (Å²) in [6, 6.07) is 9.58. The highest BCUT2D eigenvalue weighted by atomic mass is 16.7. The summed E-state index contributed by atoms with van der Waals surface area (Å²) in [5, 5.41) is 12.3. The Kier molecular flexibility index (Phi) is 4.76. The number of hydrogen-bond donors (Lipinski definition) is 2. The van der Waals surface area contributed by atoms with Gasteiger partial charge in [-0.25, -0.2) is 0 Å². The first kappa shape index (κ1) is 19.7. The molecular formula is C22H23N5O4. The molecule has 9 nitrogen and oxygen atoms in total. The first-order chi connectivity index (χ1) is 15.0. The molecule has 0 aliphatic carbocycles. The molecule has 2 N–H and O–H groups in total. The monoisotopic (exact) mass is 421 g/mol. The van der Waals surface area contributed by atoms with Gasteiger partial charge in [-0.15, -0.1) is 0 Å². The van der Waals surface area contributed by atoms with Gasteiger partial charge in [0.1, 0.15) is 11.7 Å². The molecule has 160 valence electrons. The number of ether oxygens (including phenoxy) is 2. The summed E-state index contributed by atoms with van der Waals surface area (Å²) < 4.78 is 11.5. The normalized spacial score (nSPS) is 24.5. The Balaban J connectivity index is 1.50. The molecular weight excluding hydrogens is 398 g/mol. The van der Waals surface area contributed by atoms with E-state index in [1.54, 1.807) is 0 Å². The van der Waals surface area contributed by atoms with Crippen LogP contribution in [0.25, 0.3) is 0 Å². The smallest absolute Gasteiger partial charge is 0.258 e. The van der Waals surface area contributed by atoms with Crippen molar-refractivity contribution >= 4 is 17.7 Å². The Morgan fingerprint density at radius 1 is 1.16 bits per heavy atom. The minimum absolute atomic E-state index is 0.217. The van der Waals surface area contributed by atoms with E-state index in [0.29, 0.717) is 50.7 Å². The SMILES string of the molecule is Cc1ccc(C2c3c(nc(N4CCC5(CC4)OCCO5)[nH]c3=O)NC(=O)C2C#N)cc1. The number of carbonyl (C=O) groups is 1. The van der Waals surface area contributed by atoms with E-state index < -0.39 is 23.5 Å². The van der Waals surface area contributed by atoms with Gasteiger partial charge < -0.3 is 19.7 Å². The number of carbonyl (C=O) groups excluding carboxylic acids is 1. The molecule has 1 spiro atoms. The van der Waals surface area contributed by atoms with Gasteiger partial charge in [0.2, 0.25) is 11.9 Å². The molecule has 2 aromatic rings. The summed E-state index contributed by atoms with van der Waals surface area (Å²) in [7, 11) is 0. The van der Waals surface area contributed by atoms with Crippen LogP contribution in [0.2, 0.25) is 0 Å². The topological polar surface area (TPSA) is 120 Å². The highest BCUT2D eigenvalue weighted by Gasteiger charge is 2.42. The van der Waals surface area contributed by atoms with E-state index in [2.05, 4.69) is 21.4 Å². The number of hydrogen-bond acceptors (Lipinski definition) is 7. The van der Waals surface area contributed by atoms with Crippen LogP contribution in [0.15, 0.2) is 29.1 Å². The van der Waals surface area contributed by atoms with Gasteiger partial charge in [-0.05, 0) is 12.5 Å². The fourth-order valence-corrected chi connectivity index (χ4v) is 4.63. The van der Waals surface area contributed by atoms with E-state index in [1.165, 1.54) is 0 Å². The maximum Gasteiger partial charge on any atom is 0.258 e. The molecule has 2 unspecified atom stereocenters. The maximum atomic E-state index is 13.2. The lowest BCUT2D eigenvalue weighted by Crippen LogP contribution is -2.46. The van der Waals surface area contributed by atoms with Crippen molar-refractivity contribution in [2.75, 3.05) is 36.5 Å². The average Bonchev–Trinajstić information content (AvgIpc) is 3.21. The van der Waals surface area contributed by atoms with Crippen LogP contribution in [-0.4, -0.2) is 48.0 Å². The van der Waals surface area contributed by atoms with Gasteiger partial charge >= 0.3 is 0 Å². The minimum Gasteiger partial charge on any atom is -0.347 e. The van der Waals surface area contributed by atoms with Gasteiger partial charge in [0.05, 0.1) is 24.8 Å². The van der Waals surface area contributed by atoms with E-state index in [0.717, 1.165) is 11.1 Å². The Hall–Kier alpha value is -3.22. The largest absolute Gasteiger partial charge is 0.347 e. The molecule has 0 bridgehead atoms. The fraction of sp³-hybridized carbons (Fsp3) is 0.455. The van der Waals surface area contributed by atoms with Crippen molar-refractivity contribution in [2.45, 2.75) is 31.5 Å². The summed E-state index contributed by atoms with van der Waals surface area (Å²) in [4.78, 5) is 35.2. The zero-order valence-electron chi connectivity index (χ0n) is 17.2. The van der Waals surface area contributed by atoms with Crippen LogP contribution in [0, 0.1) is 24.2 Å². The van der Waals surface area contributed by atoms with Crippen LogP contribution >= 0.6 is 0 Å². The molecule has 3 aliphatic heterocycles. The van der Waals surface area contributed by atoms with E-state index >= 15 is 0 Å². The number of fused-ring (bicyclic) bond motifs is 1. The number of rotatable bonds is 2. The number of piperidine rings is 1. The van der Waals surface area contributed by atoms with E-state index in [1.807, 2.05) is 36.1 Å². The molecule has 1 aromatic carbocycles. The van der Waals surface area contributed by atoms with Gasteiger partial charge in [0, 0.05) is 31.8 Å². The number of nitrogens with one attached hydrogen (secondary N) is 2. The van der Waals surface area contributed by atoms with Gasteiger partial charge in [0.15, 0.2) is 5.79 Å². The van der Waals surface area contributed by atoms with Crippen LogP contribution in [0.5, 0.6) is 0 Å². The summed E-state index contributed by atoms with van der Waals surface area (Å²) in [5.74, 6) is -2.05. The molecule has 2 saturated heterocycles. The molecule has 9 heteroatoms. The van der Waals surface area contributed by atoms with E-state index in [-0.39, 0.29) is 11.4 Å². The third kappa shape index (κ3) is 3.38. The molecule has 1 aromatic heterocycles. The maximum absolute atomic E-state index is 13.2. The van der Waals surface area contributed by atoms with Crippen molar-refractivity contribution in [3.05, 3.63) is 51.3 Å². The molecule has 4 heterocycles. The Labute approximate surface area is 179 Å². The van der Waals surface area contributed by atoms with Crippen LogP contribution in [-0.2, 0) is 14.3 Å². The second kappa shape index (κ2) is 7.48. The van der Waals surface area contributed by atoms with Crippen molar-refractivity contribution in [2.24, 2.45) is 5.92 Å². The summed E-state index contributed by atoms with van der Waals surface area (Å²) >= 11 is 0. The number of nitrogens with zero attached hydrogens (tertiary/aromatic N) is 3. The van der Waals surface area contributed by atoms with Crippen LogP contribution in [0.4, 0.5) is 11.8 Å². The number of anilines is 2. The average molecular weight is 421 g/mol. The van der Waals surface area contributed by atoms with Crippen LogP contribution in [0.1, 0.15) is 35.4 Å². The Morgan fingerprint density at radius 3 is 2.48 bits per heavy atom. The summed E-state index contributed by atoms with van der Waals surface area (Å²) in [6.07, 6.45) is 1.34.